The van der Waals surface area contributed by atoms with Crippen LogP contribution in [0.1, 0.15) is 24.5 Å². The van der Waals surface area contributed by atoms with Crippen molar-refractivity contribution in [1.82, 2.24) is 5.32 Å². The van der Waals surface area contributed by atoms with Crippen molar-refractivity contribution in [3.05, 3.63) is 29.3 Å². The number of carbonyl (C=O) groups excluding carboxylic acids is 1. The summed E-state index contributed by atoms with van der Waals surface area (Å²) in [6.45, 7) is 6.84. The number of aryl methyl sites for hydroxylation is 2. The van der Waals surface area contributed by atoms with Gasteiger partial charge in [-0.05, 0) is 44.0 Å². The summed E-state index contributed by atoms with van der Waals surface area (Å²) >= 11 is 0. The Labute approximate surface area is 121 Å². The normalized spacial score (nSPS) is 11.4. The quantitative estimate of drug-likeness (QED) is 0.786. The van der Waals surface area contributed by atoms with Crippen molar-refractivity contribution in [2.45, 2.75) is 33.2 Å². The first kappa shape index (κ1) is 17.7. The van der Waals surface area contributed by atoms with Crippen LogP contribution in [0.3, 0.4) is 0 Å². The summed E-state index contributed by atoms with van der Waals surface area (Å²) in [6.07, 6.45) is 0.351. The zero-order valence-electron chi connectivity index (χ0n) is 11.7. The molecule has 1 aromatic carbocycles. The highest BCUT2D eigenvalue weighted by Crippen LogP contribution is 2.15. The number of benzene rings is 1. The van der Waals surface area contributed by atoms with Gasteiger partial charge in [0, 0.05) is 12.5 Å². The van der Waals surface area contributed by atoms with Crippen molar-refractivity contribution < 1.29 is 9.53 Å². The van der Waals surface area contributed by atoms with E-state index in [-0.39, 0.29) is 24.4 Å². The van der Waals surface area contributed by atoms with Crippen molar-refractivity contribution in [2.24, 2.45) is 5.73 Å². The smallest absolute Gasteiger partial charge is 0.221 e. The van der Waals surface area contributed by atoms with E-state index in [1.807, 2.05) is 32.9 Å². The molecule has 108 valence electrons. The largest absolute Gasteiger partial charge is 0.492 e. The number of ether oxygens (including phenoxy) is 1. The van der Waals surface area contributed by atoms with Crippen LogP contribution in [0.15, 0.2) is 18.2 Å². The third-order valence-corrected chi connectivity index (χ3v) is 2.40. The number of rotatable bonds is 6. The van der Waals surface area contributed by atoms with Gasteiger partial charge in [-0.2, -0.15) is 0 Å². The third-order valence-electron chi connectivity index (χ3n) is 2.40. The van der Waals surface area contributed by atoms with Crippen molar-refractivity contribution in [1.29, 1.82) is 0 Å². The molecule has 1 aromatic rings. The van der Waals surface area contributed by atoms with Crippen molar-refractivity contribution >= 4 is 18.3 Å². The average molecular weight is 287 g/mol. The summed E-state index contributed by atoms with van der Waals surface area (Å²) in [5, 5.41) is 2.77. The number of nitrogens with two attached hydrogens (primary N) is 1. The van der Waals surface area contributed by atoms with Gasteiger partial charge in [-0.1, -0.05) is 6.07 Å². The molecule has 0 aromatic heterocycles. The number of amides is 1. The zero-order valence-corrected chi connectivity index (χ0v) is 12.5. The average Bonchev–Trinajstić information content (AvgIpc) is 2.22. The summed E-state index contributed by atoms with van der Waals surface area (Å²) in [4.78, 5) is 11.3. The lowest BCUT2D eigenvalue weighted by Crippen LogP contribution is -2.32. The van der Waals surface area contributed by atoms with E-state index in [1.165, 1.54) is 11.1 Å². The Morgan fingerprint density at radius 1 is 1.32 bits per heavy atom. The molecule has 0 aliphatic rings. The standard InChI is InChI=1S/C14H22N2O2.ClH/c1-10-6-11(2)8-13(7-10)18-5-4-16-14(17)9-12(3)15;/h6-8,12H,4-5,9,15H2,1-3H3,(H,16,17);1H. The van der Waals surface area contributed by atoms with E-state index in [9.17, 15) is 4.79 Å². The van der Waals surface area contributed by atoms with Crippen molar-refractivity contribution in [2.75, 3.05) is 13.2 Å². The van der Waals surface area contributed by atoms with Crippen LogP contribution in [0.5, 0.6) is 5.75 Å². The molecule has 0 fully saturated rings. The maximum atomic E-state index is 11.3. The number of halogens is 1. The van der Waals surface area contributed by atoms with Crippen LogP contribution in [-0.4, -0.2) is 25.1 Å². The molecular formula is C14H23ClN2O2. The van der Waals surface area contributed by atoms with Crippen LogP contribution in [0, 0.1) is 13.8 Å². The zero-order chi connectivity index (χ0) is 13.5. The summed E-state index contributed by atoms with van der Waals surface area (Å²) in [5.41, 5.74) is 7.87. The minimum Gasteiger partial charge on any atom is -0.492 e. The highest BCUT2D eigenvalue weighted by atomic mass is 35.5. The maximum absolute atomic E-state index is 11.3. The molecule has 0 aliphatic carbocycles. The number of hydrogen-bond acceptors (Lipinski definition) is 3. The van der Waals surface area contributed by atoms with Crippen LogP contribution in [0.25, 0.3) is 0 Å². The Hall–Kier alpha value is -1.26. The van der Waals surface area contributed by atoms with Crippen LogP contribution < -0.4 is 15.8 Å². The second-order valence-corrected chi connectivity index (χ2v) is 4.70. The van der Waals surface area contributed by atoms with Crippen LogP contribution in [0.4, 0.5) is 0 Å². The second-order valence-electron chi connectivity index (χ2n) is 4.70. The Morgan fingerprint density at radius 3 is 2.42 bits per heavy atom. The van der Waals surface area contributed by atoms with Crippen LogP contribution in [-0.2, 0) is 4.79 Å². The van der Waals surface area contributed by atoms with Gasteiger partial charge in [-0.15, -0.1) is 12.4 Å². The molecule has 5 heteroatoms. The van der Waals surface area contributed by atoms with Gasteiger partial charge in [0.1, 0.15) is 12.4 Å². The van der Waals surface area contributed by atoms with Crippen LogP contribution >= 0.6 is 12.4 Å². The van der Waals surface area contributed by atoms with Gasteiger partial charge >= 0.3 is 0 Å². The molecule has 0 bridgehead atoms. The van der Waals surface area contributed by atoms with Crippen molar-refractivity contribution in [3.63, 3.8) is 0 Å². The third kappa shape index (κ3) is 7.70. The molecule has 0 aliphatic heterocycles. The first-order valence-electron chi connectivity index (χ1n) is 6.21. The van der Waals surface area contributed by atoms with Gasteiger partial charge in [0.15, 0.2) is 0 Å². The lowest BCUT2D eigenvalue weighted by atomic mass is 10.1. The fraction of sp³-hybridized carbons (Fsp3) is 0.500. The Kier molecular flexibility index (Phi) is 8.19. The molecule has 0 spiro atoms. The second kappa shape index (κ2) is 8.77. The first-order chi connectivity index (χ1) is 8.47. The molecule has 1 amide bonds. The van der Waals surface area contributed by atoms with E-state index in [2.05, 4.69) is 11.4 Å². The van der Waals surface area contributed by atoms with Gasteiger partial charge in [0.25, 0.3) is 0 Å². The molecule has 0 saturated carbocycles. The van der Waals surface area contributed by atoms with Gasteiger partial charge in [0.2, 0.25) is 5.91 Å². The first-order valence-corrected chi connectivity index (χ1v) is 6.21. The summed E-state index contributed by atoms with van der Waals surface area (Å²) in [7, 11) is 0. The fourth-order valence-corrected chi connectivity index (χ4v) is 1.74. The predicted molar refractivity (Wildman–Crippen MR) is 79.9 cm³/mol. The lowest BCUT2D eigenvalue weighted by Gasteiger charge is -2.10. The monoisotopic (exact) mass is 286 g/mol. The van der Waals surface area contributed by atoms with E-state index < -0.39 is 0 Å². The highest BCUT2D eigenvalue weighted by Gasteiger charge is 2.04. The Morgan fingerprint density at radius 2 is 1.89 bits per heavy atom. The van der Waals surface area contributed by atoms with Gasteiger partial charge < -0.3 is 15.8 Å². The molecule has 4 nitrogen and oxygen atoms in total. The number of carbonyl (C=O) groups is 1. The Bertz CT molecular complexity index is 388. The molecular weight excluding hydrogens is 264 g/mol. The van der Waals surface area contributed by atoms with E-state index in [4.69, 9.17) is 10.5 Å². The summed E-state index contributed by atoms with van der Waals surface area (Å²) < 4.78 is 5.58. The Balaban J connectivity index is 0.00000324. The summed E-state index contributed by atoms with van der Waals surface area (Å²) in [5.74, 6) is 0.808. The molecule has 19 heavy (non-hydrogen) atoms. The molecule has 0 heterocycles. The predicted octanol–water partition coefficient (Wildman–Crippen LogP) is 1.96. The molecule has 1 unspecified atom stereocenters. The van der Waals surface area contributed by atoms with Crippen LogP contribution in [0.2, 0.25) is 0 Å². The van der Waals surface area contributed by atoms with Crippen molar-refractivity contribution in [3.8, 4) is 5.75 Å². The van der Waals surface area contributed by atoms with Gasteiger partial charge in [-0.3, -0.25) is 4.79 Å². The summed E-state index contributed by atoms with van der Waals surface area (Å²) in [6, 6.07) is 5.95. The van der Waals surface area contributed by atoms with E-state index in [0.29, 0.717) is 19.6 Å². The lowest BCUT2D eigenvalue weighted by molar-refractivity contribution is -0.121. The SMILES string of the molecule is Cc1cc(C)cc(OCCNC(=O)CC(C)N)c1.Cl. The van der Waals surface area contributed by atoms with E-state index >= 15 is 0 Å². The highest BCUT2D eigenvalue weighted by molar-refractivity contribution is 5.85. The molecule has 3 N–H and O–H groups in total. The minimum atomic E-state index is -0.106. The minimum absolute atomic E-state index is 0. The topological polar surface area (TPSA) is 64.3 Å². The van der Waals surface area contributed by atoms with Gasteiger partial charge in [-0.25, -0.2) is 0 Å². The van der Waals surface area contributed by atoms with Gasteiger partial charge in [0.05, 0.1) is 6.54 Å². The molecule has 1 atom stereocenters. The number of hydrogen-bond donors (Lipinski definition) is 2. The number of nitrogens with one attached hydrogen (secondary N) is 1. The molecule has 1 rings (SSSR count). The maximum Gasteiger partial charge on any atom is 0.221 e. The van der Waals surface area contributed by atoms with E-state index in [0.717, 1.165) is 5.75 Å². The van der Waals surface area contributed by atoms with E-state index in [1.54, 1.807) is 0 Å². The molecule has 0 saturated heterocycles. The fourth-order valence-electron chi connectivity index (χ4n) is 1.74. The molecule has 0 radical (unpaired) electrons.